The van der Waals surface area contributed by atoms with E-state index < -0.39 is 0 Å². The number of aromatic amines is 1. The second-order valence-corrected chi connectivity index (χ2v) is 4.22. The summed E-state index contributed by atoms with van der Waals surface area (Å²) in [6.07, 6.45) is 4.10. The Labute approximate surface area is 116 Å². The highest BCUT2D eigenvalue weighted by Crippen LogP contribution is 2.13. The number of carbonyl (C=O) groups excluding carboxylic acids is 1. The van der Waals surface area contributed by atoms with Crippen LogP contribution in [-0.2, 0) is 0 Å². The largest absolute Gasteiger partial charge is 0.347 e. The van der Waals surface area contributed by atoms with Crippen molar-refractivity contribution in [2.75, 3.05) is 5.32 Å². The molecule has 0 aliphatic heterocycles. The molecule has 0 aliphatic carbocycles. The zero-order chi connectivity index (χ0) is 14.4. The van der Waals surface area contributed by atoms with Crippen LogP contribution in [-0.4, -0.2) is 16.0 Å². The Morgan fingerprint density at radius 2 is 2.20 bits per heavy atom. The molecule has 1 unspecified atom stereocenters. The second kappa shape index (κ2) is 6.38. The maximum atomic E-state index is 11.9. The SMILES string of the molecule is CCC(NC(=O)Nc1ccc(C#N)cc1)c1ncc[nH]1. The lowest BCUT2D eigenvalue weighted by Gasteiger charge is -2.15. The lowest BCUT2D eigenvalue weighted by molar-refractivity contribution is 0.247. The van der Waals surface area contributed by atoms with Crippen molar-refractivity contribution in [3.8, 4) is 6.07 Å². The standard InChI is InChI=1S/C14H15N5O/c1-2-12(13-16-7-8-17-13)19-14(20)18-11-5-3-10(9-15)4-6-11/h3-8,12H,2H2,1H3,(H,16,17)(H2,18,19,20). The highest BCUT2D eigenvalue weighted by molar-refractivity contribution is 5.89. The summed E-state index contributed by atoms with van der Waals surface area (Å²) in [7, 11) is 0. The third-order valence-corrected chi connectivity index (χ3v) is 2.83. The molecule has 0 bridgehead atoms. The molecular weight excluding hydrogens is 254 g/mol. The number of nitrogens with one attached hydrogen (secondary N) is 3. The van der Waals surface area contributed by atoms with E-state index >= 15 is 0 Å². The summed E-state index contributed by atoms with van der Waals surface area (Å²) in [5, 5.41) is 14.3. The van der Waals surface area contributed by atoms with Gasteiger partial charge in [0.25, 0.3) is 0 Å². The van der Waals surface area contributed by atoms with E-state index in [4.69, 9.17) is 5.26 Å². The fourth-order valence-corrected chi connectivity index (χ4v) is 1.79. The molecule has 20 heavy (non-hydrogen) atoms. The van der Waals surface area contributed by atoms with E-state index in [2.05, 4.69) is 20.6 Å². The maximum Gasteiger partial charge on any atom is 0.319 e. The highest BCUT2D eigenvalue weighted by atomic mass is 16.2. The van der Waals surface area contributed by atoms with Gasteiger partial charge in [-0.3, -0.25) is 0 Å². The monoisotopic (exact) mass is 269 g/mol. The van der Waals surface area contributed by atoms with Crippen LogP contribution in [0.1, 0.15) is 30.8 Å². The number of nitriles is 1. The van der Waals surface area contributed by atoms with Gasteiger partial charge >= 0.3 is 6.03 Å². The van der Waals surface area contributed by atoms with Crippen molar-refractivity contribution in [3.05, 3.63) is 48.0 Å². The highest BCUT2D eigenvalue weighted by Gasteiger charge is 2.14. The minimum absolute atomic E-state index is 0.164. The van der Waals surface area contributed by atoms with Crippen LogP contribution in [0.3, 0.4) is 0 Å². The molecule has 0 saturated heterocycles. The van der Waals surface area contributed by atoms with Gasteiger partial charge in [0, 0.05) is 18.1 Å². The molecule has 0 aliphatic rings. The van der Waals surface area contributed by atoms with Gasteiger partial charge in [-0.15, -0.1) is 0 Å². The van der Waals surface area contributed by atoms with E-state index in [0.29, 0.717) is 11.3 Å². The molecule has 0 spiro atoms. The number of benzene rings is 1. The van der Waals surface area contributed by atoms with Crippen molar-refractivity contribution in [3.63, 3.8) is 0 Å². The van der Waals surface area contributed by atoms with Gasteiger partial charge in [-0.05, 0) is 30.7 Å². The predicted molar refractivity (Wildman–Crippen MR) is 74.9 cm³/mol. The lowest BCUT2D eigenvalue weighted by Crippen LogP contribution is -2.32. The first kappa shape index (κ1) is 13.6. The van der Waals surface area contributed by atoms with Crippen LogP contribution in [0.2, 0.25) is 0 Å². The Hall–Kier alpha value is -2.81. The zero-order valence-corrected chi connectivity index (χ0v) is 11.1. The number of hydrogen-bond donors (Lipinski definition) is 3. The third-order valence-electron chi connectivity index (χ3n) is 2.83. The summed E-state index contributed by atoms with van der Waals surface area (Å²) in [6, 6.07) is 8.23. The first-order valence-electron chi connectivity index (χ1n) is 6.30. The molecule has 2 amide bonds. The van der Waals surface area contributed by atoms with E-state index in [1.807, 2.05) is 13.0 Å². The van der Waals surface area contributed by atoms with Crippen molar-refractivity contribution in [1.29, 1.82) is 5.26 Å². The first-order chi connectivity index (χ1) is 9.72. The number of imidazole rings is 1. The number of H-pyrrole nitrogens is 1. The van der Waals surface area contributed by atoms with Crippen LogP contribution in [0.4, 0.5) is 10.5 Å². The number of carbonyl (C=O) groups is 1. The Balaban J connectivity index is 1.96. The molecule has 1 atom stereocenters. The summed E-state index contributed by atoms with van der Waals surface area (Å²) in [6.45, 7) is 1.97. The summed E-state index contributed by atoms with van der Waals surface area (Å²) >= 11 is 0. The van der Waals surface area contributed by atoms with E-state index in [1.165, 1.54) is 0 Å². The molecule has 102 valence electrons. The maximum absolute atomic E-state index is 11.9. The first-order valence-corrected chi connectivity index (χ1v) is 6.30. The van der Waals surface area contributed by atoms with Gasteiger partial charge in [-0.25, -0.2) is 9.78 Å². The van der Waals surface area contributed by atoms with Crippen molar-refractivity contribution >= 4 is 11.7 Å². The zero-order valence-electron chi connectivity index (χ0n) is 11.1. The van der Waals surface area contributed by atoms with Gasteiger partial charge in [-0.1, -0.05) is 6.92 Å². The van der Waals surface area contributed by atoms with Crippen LogP contribution >= 0.6 is 0 Å². The number of urea groups is 1. The lowest BCUT2D eigenvalue weighted by atomic mass is 10.2. The molecular formula is C14H15N5O. The summed E-state index contributed by atoms with van der Waals surface area (Å²) in [5.41, 5.74) is 1.19. The third kappa shape index (κ3) is 3.36. The van der Waals surface area contributed by atoms with Gasteiger partial charge in [-0.2, -0.15) is 5.26 Å². The molecule has 2 aromatic rings. The molecule has 6 heteroatoms. The number of amides is 2. The van der Waals surface area contributed by atoms with Crippen molar-refractivity contribution < 1.29 is 4.79 Å². The van der Waals surface area contributed by atoms with Crippen LogP contribution in [0.5, 0.6) is 0 Å². The van der Waals surface area contributed by atoms with Gasteiger partial charge in [0.1, 0.15) is 5.82 Å². The van der Waals surface area contributed by atoms with E-state index in [1.54, 1.807) is 36.7 Å². The van der Waals surface area contributed by atoms with E-state index in [-0.39, 0.29) is 12.1 Å². The Kier molecular flexibility index (Phi) is 4.35. The van der Waals surface area contributed by atoms with Crippen molar-refractivity contribution in [2.24, 2.45) is 0 Å². The number of nitrogens with zero attached hydrogens (tertiary/aromatic N) is 2. The minimum Gasteiger partial charge on any atom is -0.347 e. The number of anilines is 1. The molecule has 0 fully saturated rings. The van der Waals surface area contributed by atoms with Crippen molar-refractivity contribution in [1.82, 2.24) is 15.3 Å². The molecule has 2 rings (SSSR count). The molecule has 0 radical (unpaired) electrons. The average molecular weight is 269 g/mol. The summed E-state index contributed by atoms with van der Waals surface area (Å²) in [4.78, 5) is 19.0. The number of hydrogen-bond acceptors (Lipinski definition) is 3. The number of aromatic nitrogens is 2. The number of rotatable bonds is 4. The molecule has 3 N–H and O–H groups in total. The predicted octanol–water partition coefficient (Wildman–Crippen LogP) is 2.55. The molecule has 6 nitrogen and oxygen atoms in total. The Bertz CT molecular complexity index is 597. The van der Waals surface area contributed by atoms with E-state index in [0.717, 1.165) is 12.2 Å². The fraction of sp³-hybridized carbons (Fsp3) is 0.214. The normalized spacial score (nSPS) is 11.4. The van der Waals surface area contributed by atoms with Gasteiger partial charge in [0.05, 0.1) is 17.7 Å². The Morgan fingerprint density at radius 1 is 1.45 bits per heavy atom. The van der Waals surface area contributed by atoms with Gasteiger partial charge < -0.3 is 15.6 Å². The summed E-state index contributed by atoms with van der Waals surface area (Å²) < 4.78 is 0. The molecule has 1 heterocycles. The smallest absolute Gasteiger partial charge is 0.319 e. The van der Waals surface area contributed by atoms with Crippen LogP contribution < -0.4 is 10.6 Å². The minimum atomic E-state index is -0.307. The molecule has 0 saturated carbocycles. The van der Waals surface area contributed by atoms with Gasteiger partial charge in [0.2, 0.25) is 0 Å². The van der Waals surface area contributed by atoms with Crippen LogP contribution in [0.25, 0.3) is 0 Å². The topological polar surface area (TPSA) is 93.6 Å². The fourth-order valence-electron chi connectivity index (χ4n) is 1.79. The molecule has 1 aromatic carbocycles. The molecule has 1 aromatic heterocycles. The van der Waals surface area contributed by atoms with Crippen molar-refractivity contribution in [2.45, 2.75) is 19.4 Å². The average Bonchev–Trinajstić information content (AvgIpc) is 2.99. The van der Waals surface area contributed by atoms with Crippen LogP contribution in [0, 0.1) is 11.3 Å². The van der Waals surface area contributed by atoms with E-state index in [9.17, 15) is 4.79 Å². The van der Waals surface area contributed by atoms with Gasteiger partial charge in [0.15, 0.2) is 0 Å². The second-order valence-electron chi connectivity index (χ2n) is 4.22. The van der Waals surface area contributed by atoms with Crippen LogP contribution in [0.15, 0.2) is 36.7 Å². The quantitative estimate of drug-likeness (QED) is 0.796. The Morgan fingerprint density at radius 3 is 2.75 bits per heavy atom. The summed E-state index contributed by atoms with van der Waals surface area (Å²) in [5.74, 6) is 0.725.